The molecule has 0 saturated carbocycles. The Morgan fingerprint density at radius 3 is 2.77 bits per heavy atom. The van der Waals surface area contributed by atoms with Gasteiger partial charge in [-0.25, -0.2) is 0 Å². The van der Waals surface area contributed by atoms with Crippen LogP contribution in [-0.2, 0) is 0 Å². The predicted octanol–water partition coefficient (Wildman–Crippen LogP) is 2.49. The van der Waals surface area contributed by atoms with Gasteiger partial charge in [-0.15, -0.1) is 0 Å². The average Bonchev–Trinajstić information content (AvgIpc) is 2.48. The second kappa shape index (κ2) is 2.76. The van der Waals surface area contributed by atoms with Gasteiger partial charge in [-0.2, -0.15) is 0 Å². The van der Waals surface area contributed by atoms with Crippen LogP contribution in [0.2, 0.25) is 0 Å². The van der Waals surface area contributed by atoms with Crippen molar-refractivity contribution in [1.82, 2.24) is 5.16 Å². The molecule has 0 atom stereocenters. The third kappa shape index (κ3) is 1.08. The highest BCUT2D eigenvalue weighted by atomic mass is 16.5. The van der Waals surface area contributed by atoms with Gasteiger partial charge >= 0.3 is 0 Å². The quantitative estimate of drug-likeness (QED) is 0.725. The molecule has 0 fully saturated rings. The summed E-state index contributed by atoms with van der Waals surface area (Å²) in [5, 5.41) is 8.13. The van der Waals surface area contributed by atoms with Crippen molar-refractivity contribution in [3.8, 4) is 0 Å². The molecule has 0 saturated heterocycles. The van der Waals surface area contributed by atoms with Crippen molar-refractivity contribution in [3.05, 3.63) is 23.4 Å². The molecule has 0 aliphatic carbocycles. The summed E-state index contributed by atoms with van der Waals surface area (Å²) in [4.78, 5) is 0. The van der Waals surface area contributed by atoms with Gasteiger partial charge in [0.05, 0.1) is 11.4 Å². The zero-order chi connectivity index (χ0) is 9.42. The molecule has 2 rings (SSSR count). The number of rotatable bonds is 1. The normalized spacial score (nSPS) is 10.7. The van der Waals surface area contributed by atoms with Crippen LogP contribution in [0, 0.1) is 13.8 Å². The number of aromatic nitrogens is 1. The van der Waals surface area contributed by atoms with Gasteiger partial charge < -0.3 is 9.84 Å². The molecule has 1 aromatic heterocycles. The topological polar surface area (TPSA) is 38.1 Å². The fourth-order valence-corrected chi connectivity index (χ4v) is 1.53. The number of hydrogen-bond donors (Lipinski definition) is 1. The molecule has 1 N–H and O–H groups in total. The summed E-state index contributed by atoms with van der Waals surface area (Å²) in [5.74, 6) is 0. The van der Waals surface area contributed by atoms with E-state index in [1.54, 1.807) is 0 Å². The second-order valence-corrected chi connectivity index (χ2v) is 3.15. The number of hydrogen-bond acceptors (Lipinski definition) is 3. The van der Waals surface area contributed by atoms with Gasteiger partial charge in [0.15, 0.2) is 5.58 Å². The van der Waals surface area contributed by atoms with Crippen LogP contribution in [0.25, 0.3) is 11.0 Å². The van der Waals surface area contributed by atoms with Crippen molar-refractivity contribution in [2.24, 2.45) is 0 Å². The lowest BCUT2D eigenvalue weighted by Gasteiger charge is -2.03. The van der Waals surface area contributed by atoms with Crippen molar-refractivity contribution in [1.29, 1.82) is 0 Å². The minimum absolute atomic E-state index is 0.847. The Morgan fingerprint density at radius 2 is 2.08 bits per heavy atom. The molecule has 68 valence electrons. The molecule has 3 heteroatoms. The van der Waals surface area contributed by atoms with E-state index in [0.717, 1.165) is 22.4 Å². The van der Waals surface area contributed by atoms with Crippen LogP contribution in [-0.4, -0.2) is 12.2 Å². The Labute approximate surface area is 76.7 Å². The Balaban J connectivity index is 2.85. The predicted molar refractivity (Wildman–Crippen MR) is 53.0 cm³/mol. The Morgan fingerprint density at radius 1 is 1.31 bits per heavy atom. The first-order chi connectivity index (χ1) is 6.24. The number of nitrogens with zero attached hydrogens (tertiary/aromatic N) is 1. The molecule has 0 unspecified atom stereocenters. The van der Waals surface area contributed by atoms with E-state index in [1.807, 2.05) is 27.0 Å². The lowest BCUT2D eigenvalue weighted by atomic mass is 10.1. The van der Waals surface area contributed by atoms with Crippen LogP contribution >= 0.6 is 0 Å². The molecule has 0 spiro atoms. The van der Waals surface area contributed by atoms with Gasteiger partial charge in [-0.3, -0.25) is 0 Å². The first-order valence-corrected chi connectivity index (χ1v) is 4.27. The van der Waals surface area contributed by atoms with E-state index in [9.17, 15) is 0 Å². The van der Waals surface area contributed by atoms with E-state index in [2.05, 4.69) is 16.5 Å². The highest BCUT2D eigenvalue weighted by Gasteiger charge is 2.09. The summed E-state index contributed by atoms with van der Waals surface area (Å²) in [6, 6.07) is 4.11. The van der Waals surface area contributed by atoms with Crippen molar-refractivity contribution in [2.75, 3.05) is 12.4 Å². The summed E-state index contributed by atoms with van der Waals surface area (Å²) >= 11 is 0. The van der Waals surface area contributed by atoms with Crippen molar-refractivity contribution >= 4 is 16.7 Å². The first kappa shape index (κ1) is 8.10. The van der Waals surface area contributed by atoms with Gasteiger partial charge in [0.2, 0.25) is 0 Å². The molecule has 0 aliphatic rings. The minimum Gasteiger partial charge on any atom is -0.385 e. The molecule has 13 heavy (non-hydrogen) atoms. The lowest BCUT2D eigenvalue weighted by molar-refractivity contribution is 0.451. The van der Waals surface area contributed by atoms with Gasteiger partial charge in [0, 0.05) is 12.4 Å². The molecular weight excluding hydrogens is 164 g/mol. The smallest absolute Gasteiger partial charge is 0.190 e. The third-order valence-corrected chi connectivity index (χ3v) is 2.28. The van der Waals surface area contributed by atoms with Gasteiger partial charge in [0.25, 0.3) is 0 Å². The third-order valence-electron chi connectivity index (χ3n) is 2.28. The van der Waals surface area contributed by atoms with Crippen LogP contribution in [0.3, 0.4) is 0 Å². The SMILES string of the molecule is CNc1c(C)ccc2c(C)noc12. The van der Waals surface area contributed by atoms with Gasteiger partial charge in [-0.05, 0) is 25.5 Å². The molecule has 1 aromatic carbocycles. The number of anilines is 1. The van der Waals surface area contributed by atoms with Crippen LogP contribution in [0.4, 0.5) is 5.69 Å². The zero-order valence-corrected chi connectivity index (χ0v) is 8.01. The maximum absolute atomic E-state index is 5.24. The monoisotopic (exact) mass is 176 g/mol. The molecule has 3 nitrogen and oxygen atoms in total. The van der Waals surface area contributed by atoms with E-state index in [4.69, 9.17) is 4.52 Å². The molecule has 0 bridgehead atoms. The minimum atomic E-state index is 0.847. The van der Waals surface area contributed by atoms with Crippen molar-refractivity contribution < 1.29 is 4.52 Å². The number of aryl methyl sites for hydroxylation is 2. The van der Waals surface area contributed by atoms with Gasteiger partial charge in [0.1, 0.15) is 0 Å². The van der Waals surface area contributed by atoms with Gasteiger partial charge in [-0.1, -0.05) is 11.2 Å². The number of fused-ring (bicyclic) bond motifs is 1. The lowest BCUT2D eigenvalue weighted by Crippen LogP contribution is -1.91. The maximum Gasteiger partial charge on any atom is 0.190 e. The highest BCUT2D eigenvalue weighted by molar-refractivity contribution is 5.91. The maximum atomic E-state index is 5.24. The molecule has 0 amide bonds. The van der Waals surface area contributed by atoms with Crippen LogP contribution in [0.1, 0.15) is 11.3 Å². The van der Waals surface area contributed by atoms with Crippen molar-refractivity contribution in [3.63, 3.8) is 0 Å². The Hall–Kier alpha value is -1.51. The highest BCUT2D eigenvalue weighted by Crippen LogP contribution is 2.28. The fraction of sp³-hybridized carbons (Fsp3) is 0.300. The average molecular weight is 176 g/mol. The van der Waals surface area contributed by atoms with E-state index in [-0.39, 0.29) is 0 Å². The van der Waals surface area contributed by atoms with Crippen molar-refractivity contribution in [2.45, 2.75) is 13.8 Å². The van der Waals surface area contributed by atoms with E-state index < -0.39 is 0 Å². The fourth-order valence-electron chi connectivity index (χ4n) is 1.53. The number of nitrogens with one attached hydrogen (secondary N) is 1. The summed E-state index contributed by atoms with van der Waals surface area (Å²) in [6.45, 7) is 3.99. The van der Waals surface area contributed by atoms with Crippen LogP contribution in [0.15, 0.2) is 16.7 Å². The summed E-state index contributed by atoms with van der Waals surface area (Å²) in [7, 11) is 1.89. The second-order valence-electron chi connectivity index (χ2n) is 3.15. The molecule has 0 radical (unpaired) electrons. The number of benzene rings is 1. The zero-order valence-electron chi connectivity index (χ0n) is 8.01. The summed E-state index contributed by atoms with van der Waals surface area (Å²) in [5.41, 5.74) is 3.98. The van der Waals surface area contributed by atoms with E-state index >= 15 is 0 Å². The van der Waals surface area contributed by atoms with E-state index in [1.165, 1.54) is 5.56 Å². The summed E-state index contributed by atoms with van der Waals surface area (Å²) in [6.07, 6.45) is 0. The first-order valence-electron chi connectivity index (χ1n) is 4.27. The largest absolute Gasteiger partial charge is 0.385 e. The van der Waals surface area contributed by atoms with Crippen LogP contribution in [0.5, 0.6) is 0 Å². The Bertz CT molecular complexity index is 445. The van der Waals surface area contributed by atoms with Crippen LogP contribution < -0.4 is 5.32 Å². The van der Waals surface area contributed by atoms with E-state index in [0.29, 0.717) is 0 Å². The standard InChI is InChI=1S/C10H12N2O/c1-6-4-5-8-7(2)12-13-10(8)9(6)11-3/h4-5,11H,1-3H3. The summed E-state index contributed by atoms with van der Waals surface area (Å²) < 4.78 is 5.24. The molecular formula is C10H12N2O. The molecule has 0 aliphatic heterocycles. The molecule has 2 aromatic rings. The Kier molecular flexibility index (Phi) is 1.72. The molecule has 1 heterocycles.